The third kappa shape index (κ3) is 8.47. The first-order valence-corrected chi connectivity index (χ1v) is 12.4. The molecule has 8 heteroatoms. The maximum atomic E-state index is 12.6. The van der Waals surface area contributed by atoms with Crippen LogP contribution in [0.15, 0.2) is 48.5 Å². The van der Waals surface area contributed by atoms with Crippen molar-refractivity contribution >= 4 is 17.5 Å². The van der Waals surface area contributed by atoms with Crippen LogP contribution in [0, 0.1) is 0 Å². The molecular formula is C27H38N4O4. The summed E-state index contributed by atoms with van der Waals surface area (Å²) in [5, 5.41) is 5.75. The predicted octanol–water partition coefficient (Wildman–Crippen LogP) is 2.93. The van der Waals surface area contributed by atoms with E-state index in [2.05, 4.69) is 50.8 Å². The summed E-state index contributed by atoms with van der Waals surface area (Å²) >= 11 is 0. The lowest BCUT2D eigenvalue weighted by atomic mass is 10.2. The van der Waals surface area contributed by atoms with Gasteiger partial charge in [-0.25, -0.2) is 0 Å². The van der Waals surface area contributed by atoms with Crippen LogP contribution in [0.25, 0.3) is 0 Å². The molecule has 2 aromatic carbocycles. The second-order valence-corrected chi connectivity index (χ2v) is 9.00. The van der Waals surface area contributed by atoms with Crippen molar-refractivity contribution < 1.29 is 19.1 Å². The summed E-state index contributed by atoms with van der Waals surface area (Å²) < 4.78 is 10.9. The van der Waals surface area contributed by atoms with E-state index in [1.807, 2.05) is 13.8 Å². The molecule has 8 nitrogen and oxygen atoms in total. The molecule has 1 aliphatic rings. The lowest BCUT2D eigenvalue weighted by Crippen LogP contribution is -2.46. The number of amides is 2. The molecule has 1 aliphatic heterocycles. The van der Waals surface area contributed by atoms with Gasteiger partial charge in [0, 0.05) is 50.0 Å². The number of rotatable bonds is 12. The van der Waals surface area contributed by atoms with Gasteiger partial charge in [-0.3, -0.25) is 14.5 Å². The third-order valence-electron chi connectivity index (χ3n) is 5.91. The molecule has 3 rings (SSSR count). The second kappa shape index (κ2) is 13.6. The molecule has 2 amide bonds. The van der Waals surface area contributed by atoms with Crippen LogP contribution in [0.5, 0.6) is 11.5 Å². The van der Waals surface area contributed by atoms with Crippen molar-refractivity contribution in [2.75, 3.05) is 57.9 Å². The van der Waals surface area contributed by atoms with Crippen LogP contribution in [0.1, 0.15) is 37.0 Å². The van der Waals surface area contributed by atoms with Crippen molar-refractivity contribution in [1.29, 1.82) is 0 Å². The average Bonchev–Trinajstić information content (AvgIpc) is 2.87. The molecule has 0 radical (unpaired) electrons. The van der Waals surface area contributed by atoms with Gasteiger partial charge in [0.25, 0.3) is 11.8 Å². The van der Waals surface area contributed by atoms with E-state index in [1.165, 1.54) is 12.8 Å². The van der Waals surface area contributed by atoms with E-state index < -0.39 is 0 Å². The first kappa shape index (κ1) is 26.3. The fourth-order valence-corrected chi connectivity index (χ4v) is 4.07. The SMILES string of the molecule is COc1cc(C(=O)NCCCCN2CCN(c3ccccc3)CC2)ccc1OCC(=O)NC(C)C. The topological polar surface area (TPSA) is 83.1 Å². The molecule has 190 valence electrons. The molecule has 0 saturated carbocycles. The summed E-state index contributed by atoms with van der Waals surface area (Å²) in [5.41, 5.74) is 1.79. The summed E-state index contributed by atoms with van der Waals surface area (Å²) in [7, 11) is 1.51. The lowest BCUT2D eigenvalue weighted by Gasteiger charge is -2.36. The number of carbonyl (C=O) groups excluding carboxylic acids is 2. The molecule has 1 fully saturated rings. The Hall–Kier alpha value is -3.26. The first-order valence-electron chi connectivity index (χ1n) is 12.4. The average molecular weight is 483 g/mol. The Bertz CT molecular complexity index is 943. The van der Waals surface area contributed by atoms with Crippen molar-refractivity contribution in [3.05, 3.63) is 54.1 Å². The van der Waals surface area contributed by atoms with Crippen LogP contribution in [-0.4, -0.2) is 75.7 Å². The molecule has 0 spiro atoms. The number of hydrogen-bond acceptors (Lipinski definition) is 6. The monoisotopic (exact) mass is 482 g/mol. The van der Waals surface area contributed by atoms with Gasteiger partial charge in [-0.2, -0.15) is 0 Å². The van der Waals surface area contributed by atoms with Crippen LogP contribution < -0.4 is 25.0 Å². The molecule has 35 heavy (non-hydrogen) atoms. The Balaban J connectivity index is 1.34. The Labute approximate surface area is 208 Å². The van der Waals surface area contributed by atoms with E-state index in [4.69, 9.17) is 9.47 Å². The molecule has 0 unspecified atom stereocenters. The molecule has 0 aromatic heterocycles. The number of benzene rings is 2. The van der Waals surface area contributed by atoms with Crippen molar-refractivity contribution in [2.45, 2.75) is 32.7 Å². The minimum absolute atomic E-state index is 0.0453. The molecular weight excluding hydrogens is 444 g/mol. The maximum Gasteiger partial charge on any atom is 0.258 e. The minimum Gasteiger partial charge on any atom is -0.493 e. The van der Waals surface area contributed by atoms with Gasteiger partial charge in [0.1, 0.15) is 0 Å². The van der Waals surface area contributed by atoms with Crippen LogP contribution in [0.4, 0.5) is 5.69 Å². The number of hydrogen-bond donors (Lipinski definition) is 2. The van der Waals surface area contributed by atoms with Gasteiger partial charge >= 0.3 is 0 Å². The van der Waals surface area contributed by atoms with Gasteiger partial charge in [-0.15, -0.1) is 0 Å². The van der Waals surface area contributed by atoms with Crippen LogP contribution in [0.3, 0.4) is 0 Å². The fraction of sp³-hybridized carbons (Fsp3) is 0.481. The number of methoxy groups -OCH3 is 1. The van der Waals surface area contributed by atoms with Crippen molar-refractivity contribution in [1.82, 2.24) is 15.5 Å². The smallest absolute Gasteiger partial charge is 0.258 e. The van der Waals surface area contributed by atoms with E-state index in [1.54, 1.807) is 18.2 Å². The highest BCUT2D eigenvalue weighted by Gasteiger charge is 2.17. The normalized spacial score (nSPS) is 14.0. The Morgan fingerprint density at radius 3 is 2.40 bits per heavy atom. The number of para-hydroxylation sites is 1. The van der Waals surface area contributed by atoms with Gasteiger partial charge in [-0.1, -0.05) is 18.2 Å². The number of carbonyl (C=O) groups is 2. The van der Waals surface area contributed by atoms with Gasteiger partial charge in [0.05, 0.1) is 7.11 Å². The number of unbranched alkanes of at least 4 members (excludes halogenated alkanes) is 1. The Kier molecular flexibility index (Phi) is 10.2. The third-order valence-corrected chi connectivity index (χ3v) is 5.91. The highest BCUT2D eigenvalue weighted by molar-refractivity contribution is 5.94. The second-order valence-electron chi connectivity index (χ2n) is 9.00. The predicted molar refractivity (Wildman–Crippen MR) is 138 cm³/mol. The number of piperazine rings is 1. The summed E-state index contributed by atoms with van der Waals surface area (Å²) in [6, 6.07) is 15.6. The van der Waals surface area contributed by atoms with Crippen molar-refractivity contribution in [3.63, 3.8) is 0 Å². The number of nitrogens with zero attached hydrogens (tertiary/aromatic N) is 2. The number of ether oxygens (including phenoxy) is 2. The lowest BCUT2D eigenvalue weighted by molar-refractivity contribution is -0.123. The molecule has 0 bridgehead atoms. The van der Waals surface area contributed by atoms with Crippen molar-refractivity contribution in [3.8, 4) is 11.5 Å². The quantitative estimate of drug-likeness (QED) is 0.453. The Morgan fingerprint density at radius 1 is 0.971 bits per heavy atom. The van der Waals surface area contributed by atoms with Crippen LogP contribution >= 0.6 is 0 Å². The van der Waals surface area contributed by atoms with Gasteiger partial charge in [0.15, 0.2) is 18.1 Å². The fourth-order valence-electron chi connectivity index (χ4n) is 4.07. The van der Waals surface area contributed by atoms with Crippen molar-refractivity contribution in [2.24, 2.45) is 0 Å². The maximum absolute atomic E-state index is 12.6. The van der Waals surface area contributed by atoms with Gasteiger partial charge in [0.2, 0.25) is 0 Å². The first-order chi connectivity index (χ1) is 17.0. The summed E-state index contributed by atoms with van der Waals surface area (Å²) in [4.78, 5) is 29.3. The van der Waals surface area contributed by atoms with E-state index >= 15 is 0 Å². The molecule has 1 saturated heterocycles. The number of nitrogens with one attached hydrogen (secondary N) is 2. The largest absolute Gasteiger partial charge is 0.493 e. The molecule has 0 aliphatic carbocycles. The minimum atomic E-state index is -0.207. The molecule has 1 heterocycles. The van der Waals surface area contributed by atoms with E-state index in [-0.39, 0.29) is 24.5 Å². The standard InChI is InChI=1S/C27H38N4O4/c1-21(2)29-26(32)20-35-24-12-11-22(19-25(24)34-3)27(33)28-13-7-8-14-30-15-17-31(18-16-30)23-9-5-4-6-10-23/h4-6,9-12,19,21H,7-8,13-18,20H2,1-3H3,(H,28,33)(H,29,32). The summed E-state index contributed by atoms with van der Waals surface area (Å²) in [6.07, 6.45) is 1.97. The van der Waals surface area contributed by atoms with E-state index in [0.717, 1.165) is 45.6 Å². The summed E-state index contributed by atoms with van der Waals surface area (Å²) in [6.45, 7) is 9.56. The molecule has 0 atom stereocenters. The summed E-state index contributed by atoms with van der Waals surface area (Å²) in [5.74, 6) is 0.491. The Morgan fingerprint density at radius 2 is 1.71 bits per heavy atom. The highest BCUT2D eigenvalue weighted by Crippen LogP contribution is 2.28. The molecule has 2 N–H and O–H groups in total. The van der Waals surface area contributed by atoms with E-state index in [9.17, 15) is 9.59 Å². The number of anilines is 1. The van der Waals surface area contributed by atoms with Gasteiger partial charge < -0.3 is 25.0 Å². The molecule has 2 aromatic rings. The van der Waals surface area contributed by atoms with Crippen LogP contribution in [0.2, 0.25) is 0 Å². The van der Waals surface area contributed by atoms with E-state index in [0.29, 0.717) is 23.6 Å². The zero-order valence-corrected chi connectivity index (χ0v) is 21.1. The zero-order valence-electron chi connectivity index (χ0n) is 21.1. The van der Waals surface area contributed by atoms with Gasteiger partial charge in [-0.05, 0) is 63.6 Å². The van der Waals surface area contributed by atoms with Crippen LogP contribution in [-0.2, 0) is 4.79 Å². The highest BCUT2D eigenvalue weighted by atomic mass is 16.5. The zero-order chi connectivity index (χ0) is 25.0.